The summed E-state index contributed by atoms with van der Waals surface area (Å²) in [5.41, 5.74) is 1.98. The molecule has 3 rings (SSSR count). The van der Waals surface area contributed by atoms with E-state index in [2.05, 4.69) is 15.5 Å². The van der Waals surface area contributed by atoms with Crippen molar-refractivity contribution in [2.75, 3.05) is 5.32 Å². The molecule has 0 bridgehead atoms. The summed E-state index contributed by atoms with van der Waals surface area (Å²) in [6.45, 7) is -0.0855. The van der Waals surface area contributed by atoms with Crippen molar-refractivity contribution in [2.24, 2.45) is 0 Å². The van der Waals surface area contributed by atoms with Crippen molar-refractivity contribution < 1.29 is 18.8 Å². The average Bonchev–Trinajstić information content (AvgIpc) is 3.10. The molecule has 1 aromatic heterocycles. The molecule has 0 atom stereocenters. The number of hydrogen-bond acceptors (Lipinski definition) is 5. The zero-order valence-corrected chi connectivity index (χ0v) is 13.3. The van der Waals surface area contributed by atoms with E-state index in [0.717, 1.165) is 5.56 Å². The minimum atomic E-state index is -0.339. The van der Waals surface area contributed by atoms with Crippen molar-refractivity contribution in [3.8, 4) is 11.4 Å². The van der Waals surface area contributed by atoms with Gasteiger partial charge in [0.05, 0.1) is 6.61 Å². The highest BCUT2D eigenvalue weighted by Gasteiger charge is 2.11. The summed E-state index contributed by atoms with van der Waals surface area (Å²) in [7, 11) is 0. The van der Waals surface area contributed by atoms with Gasteiger partial charge in [0.15, 0.2) is 0 Å². The second-order valence-corrected chi connectivity index (χ2v) is 5.43. The minimum absolute atomic E-state index is 0.0855. The van der Waals surface area contributed by atoms with Crippen molar-refractivity contribution in [1.29, 1.82) is 0 Å². The van der Waals surface area contributed by atoms with Gasteiger partial charge >= 0.3 is 0 Å². The van der Waals surface area contributed by atoms with E-state index >= 15 is 0 Å². The minimum Gasteiger partial charge on any atom is -0.392 e. The summed E-state index contributed by atoms with van der Waals surface area (Å²) < 4.78 is 18.0. The van der Waals surface area contributed by atoms with Gasteiger partial charge in [-0.25, -0.2) is 4.39 Å². The number of nitrogens with zero attached hydrogens (tertiary/aromatic N) is 2. The number of anilines is 1. The predicted octanol–water partition coefficient (Wildman–Crippen LogP) is 2.94. The topological polar surface area (TPSA) is 88.2 Å². The first-order valence-electron chi connectivity index (χ1n) is 7.72. The number of aryl methyl sites for hydroxylation is 1. The largest absolute Gasteiger partial charge is 0.392 e. The molecule has 1 heterocycles. The van der Waals surface area contributed by atoms with E-state index in [9.17, 15) is 9.18 Å². The molecule has 0 unspecified atom stereocenters. The van der Waals surface area contributed by atoms with Crippen LogP contribution in [0.15, 0.2) is 53.1 Å². The summed E-state index contributed by atoms with van der Waals surface area (Å²) in [4.78, 5) is 16.2. The van der Waals surface area contributed by atoms with Crippen LogP contribution in [-0.2, 0) is 17.8 Å². The third-order valence-electron chi connectivity index (χ3n) is 3.53. The quantitative estimate of drug-likeness (QED) is 0.720. The molecule has 0 radical (unpaired) electrons. The molecule has 0 aliphatic heterocycles. The molecule has 0 saturated carbocycles. The maximum absolute atomic E-state index is 12.9. The molecule has 0 saturated heterocycles. The fourth-order valence-electron chi connectivity index (χ4n) is 2.26. The van der Waals surface area contributed by atoms with E-state index in [1.165, 1.54) is 12.1 Å². The number of nitrogens with one attached hydrogen (secondary N) is 1. The first kappa shape index (κ1) is 16.8. The Morgan fingerprint density at radius 1 is 1.20 bits per heavy atom. The summed E-state index contributed by atoms with van der Waals surface area (Å²) >= 11 is 0. The summed E-state index contributed by atoms with van der Waals surface area (Å²) in [6.07, 6.45) is 0.466. The number of benzene rings is 2. The van der Waals surface area contributed by atoms with Crippen molar-refractivity contribution in [3.05, 3.63) is 65.8 Å². The van der Waals surface area contributed by atoms with Crippen molar-refractivity contribution in [3.63, 3.8) is 0 Å². The number of hydrogen-bond donors (Lipinski definition) is 2. The number of aliphatic hydroxyl groups is 1. The highest BCUT2D eigenvalue weighted by atomic mass is 19.1. The Morgan fingerprint density at radius 3 is 2.76 bits per heavy atom. The van der Waals surface area contributed by atoms with E-state index in [0.29, 0.717) is 29.4 Å². The Labute approximate surface area is 143 Å². The smallest absolute Gasteiger partial charge is 0.227 e. The normalized spacial score (nSPS) is 10.6. The third-order valence-corrected chi connectivity index (χ3v) is 3.53. The number of aliphatic hydroxyl groups excluding tert-OH is 1. The molecule has 0 fully saturated rings. The Kier molecular flexibility index (Phi) is 5.15. The second kappa shape index (κ2) is 7.67. The Hall–Kier alpha value is -3.06. The van der Waals surface area contributed by atoms with Crippen LogP contribution in [0.25, 0.3) is 11.4 Å². The molecular formula is C18H16FN3O3. The van der Waals surface area contributed by atoms with Crippen LogP contribution in [0.1, 0.15) is 17.9 Å². The predicted molar refractivity (Wildman–Crippen MR) is 89.0 cm³/mol. The number of rotatable bonds is 6. The maximum atomic E-state index is 12.9. The van der Waals surface area contributed by atoms with Gasteiger partial charge in [0.2, 0.25) is 17.6 Å². The van der Waals surface area contributed by atoms with Crippen molar-refractivity contribution in [2.45, 2.75) is 19.4 Å². The third kappa shape index (κ3) is 4.48. The van der Waals surface area contributed by atoms with Crippen LogP contribution >= 0.6 is 0 Å². The maximum Gasteiger partial charge on any atom is 0.227 e. The molecular weight excluding hydrogens is 325 g/mol. The number of amides is 1. The fraction of sp³-hybridized carbons (Fsp3) is 0.167. The second-order valence-electron chi connectivity index (χ2n) is 5.43. The summed E-state index contributed by atoms with van der Waals surface area (Å²) in [5, 5.41) is 15.7. The Morgan fingerprint density at radius 2 is 2.00 bits per heavy atom. The molecule has 2 N–H and O–H groups in total. The molecule has 0 aliphatic carbocycles. The van der Waals surface area contributed by atoms with Crippen LogP contribution in [0, 0.1) is 5.82 Å². The highest BCUT2D eigenvalue weighted by Crippen LogP contribution is 2.17. The lowest BCUT2D eigenvalue weighted by Gasteiger charge is -2.05. The molecule has 2 aromatic carbocycles. The molecule has 0 spiro atoms. The molecule has 3 aromatic rings. The standard InChI is InChI=1S/C18H16FN3O3/c19-14-6-4-13(5-7-14)18-21-17(25-22-18)9-8-16(24)20-15-3-1-2-12(10-15)11-23/h1-7,10,23H,8-9,11H2,(H,20,24). The highest BCUT2D eigenvalue weighted by molar-refractivity contribution is 5.90. The van der Waals surface area contributed by atoms with Gasteiger partial charge in [-0.15, -0.1) is 0 Å². The van der Waals surface area contributed by atoms with Gasteiger partial charge in [-0.1, -0.05) is 17.3 Å². The van der Waals surface area contributed by atoms with Crippen LogP contribution in [-0.4, -0.2) is 21.2 Å². The molecule has 6 nitrogen and oxygen atoms in total. The van der Waals surface area contributed by atoms with Crippen LogP contribution < -0.4 is 5.32 Å². The van der Waals surface area contributed by atoms with Crippen molar-refractivity contribution >= 4 is 11.6 Å². The van der Waals surface area contributed by atoms with Crippen LogP contribution in [0.3, 0.4) is 0 Å². The SMILES string of the molecule is O=C(CCc1nc(-c2ccc(F)cc2)no1)Nc1cccc(CO)c1. The Balaban J connectivity index is 1.56. The zero-order valence-electron chi connectivity index (χ0n) is 13.3. The van der Waals surface area contributed by atoms with Gasteiger partial charge in [-0.3, -0.25) is 4.79 Å². The van der Waals surface area contributed by atoms with Crippen LogP contribution in [0.4, 0.5) is 10.1 Å². The zero-order chi connectivity index (χ0) is 17.6. The molecule has 25 heavy (non-hydrogen) atoms. The number of carbonyl (C=O) groups excluding carboxylic acids is 1. The lowest BCUT2D eigenvalue weighted by molar-refractivity contribution is -0.116. The summed E-state index contributed by atoms with van der Waals surface area (Å²) in [6, 6.07) is 12.7. The van der Waals surface area contributed by atoms with Gasteiger partial charge < -0.3 is 14.9 Å². The van der Waals surface area contributed by atoms with E-state index in [-0.39, 0.29) is 24.8 Å². The van der Waals surface area contributed by atoms with Crippen molar-refractivity contribution in [1.82, 2.24) is 10.1 Å². The van der Waals surface area contributed by atoms with E-state index in [4.69, 9.17) is 9.63 Å². The molecule has 7 heteroatoms. The van der Waals surface area contributed by atoms with Gasteiger partial charge in [-0.2, -0.15) is 4.98 Å². The average molecular weight is 341 g/mol. The van der Waals surface area contributed by atoms with E-state index in [1.54, 1.807) is 36.4 Å². The number of aromatic nitrogens is 2. The molecule has 0 aliphatic rings. The van der Waals surface area contributed by atoms with Gasteiger partial charge in [0.1, 0.15) is 5.82 Å². The number of halogens is 1. The fourth-order valence-corrected chi connectivity index (χ4v) is 2.26. The van der Waals surface area contributed by atoms with Gasteiger partial charge in [0, 0.05) is 24.1 Å². The van der Waals surface area contributed by atoms with Crippen LogP contribution in [0.5, 0.6) is 0 Å². The van der Waals surface area contributed by atoms with Gasteiger partial charge in [-0.05, 0) is 42.0 Å². The monoisotopic (exact) mass is 341 g/mol. The number of carbonyl (C=O) groups is 1. The summed E-state index contributed by atoms with van der Waals surface area (Å²) in [5.74, 6) is 0.149. The first-order chi connectivity index (χ1) is 12.1. The van der Waals surface area contributed by atoms with Crippen LogP contribution in [0.2, 0.25) is 0 Å². The lowest BCUT2D eigenvalue weighted by atomic mass is 10.2. The lowest BCUT2D eigenvalue weighted by Crippen LogP contribution is -2.12. The molecule has 128 valence electrons. The Bertz CT molecular complexity index is 862. The van der Waals surface area contributed by atoms with E-state index in [1.807, 2.05) is 0 Å². The molecule has 1 amide bonds. The van der Waals surface area contributed by atoms with E-state index < -0.39 is 0 Å². The first-order valence-corrected chi connectivity index (χ1v) is 7.72. The van der Waals surface area contributed by atoms with Gasteiger partial charge in [0.25, 0.3) is 0 Å².